The highest BCUT2D eigenvalue weighted by atomic mass is 35.5. The number of nitrogens with one attached hydrogen (secondary N) is 1. The molecule has 2 aromatic rings. The van der Waals surface area contributed by atoms with Crippen molar-refractivity contribution in [2.24, 2.45) is 0 Å². The number of rotatable bonds is 4. The topological polar surface area (TPSA) is 59.4 Å². The molecule has 2 aliphatic rings. The summed E-state index contributed by atoms with van der Waals surface area (Å²) in [5.74, 6) is -0.0381. The Morgan fingerprint density at radius 2 is 2.07 bits per heavy atom. The van der Waals surface area contributed by atoms with E-state index in [0.717, 1.165) is 61.0 Å². The van der Waals surface area contributed by atoms with Crippen molar-refractivity contribution in [1.29, 1.82) is 5.26 Å². The highest BCUT2D eigenvalue weighted by Crippen LogP contribution is 2.38. The maximum absolute atomic E-state index is 12.5. The number of nitrogens with zero attached hydrogens (tertiary/aromatic N) is 3. The Morgan fingerprint density at radius 3 is 2.82 bits per heavy atom. The lowest BCUT2D eigenvalue weighted by Gasteiger charge is -2.36. The average Bonchev–Trinajstić information content (AvgIpc) is 3.25. The summed E-state index contributed by atoms with van der Waals surface area (Å²) in [5, 5.41) is 13.9. The number of benzene rings is 1. The van der Waals surface area contributed by atoms with Crippen LogP contribution >= 0.6 is 22.9 Å². The van der Waals surface area contributed by atoms with E-state index in [1.54, 1.807) is 11.3 Å². The summed E-state index contributed by atoms with van der Waals surface area (Å²) >= 11 is 7.72. The molecule has 1 saturated heterocycles. The van der Waals surface area contributed by atoms with Gasteiger partial charge < -0.3 is 10.2 Å². The third-order valence-corrected chi connectivity index (χ3v) is 6.98. The summed E-state index contributed by atoms with van der Waals surface area (Å²) in [6, 6.07) is 8.25. The third-order valence-electron chi connectivity index (χ3n) is 5.54. The molecule has 146 valence electrons. The molecule has 1 amide bonds. The van der Waals surface area contributed by atoms with Crippen molar-refractivity contribution >= 4 is 39.5 Å². The van der Waals surface area contributed by atoms with Gasteiger partial charge in [-0.1, -0.05) is 17.7 Å². The van der Waals surface area contributed by atoms with Crippen LogP contribution in [-0.4, -0.2) is 43.5 Å². The van der Waals surface area contributed by atoms with Gasteiger partial charge in [0, 0.05) is 41.8 Å². The summed E-state index contributed by atoms with van der Waals surface area (Å²) < 4.78 is 0. The summed E-state index contributed by atoms with van der Waals surface area (Å²) in [6.45, 7) is 5.83. The Morgan fingerprint density at radius 1 is 1.29 bits per heavy atom. The predicted octanol–water partition coefficient (Wildman–Crippen LogP) is 3.83. The van der Waals surface area contributed by atoms with E-state index in [-0.39, 0.29) is 5.91 Å². The van der Waals surface area contributed by atoms with Gasteiger partial charge in [0.25, 0.3) is 0 Å². The fourth-order valence-electron chi connectivity index (χ4n) is 4.05. The van der Waals surface area contributed by atoms with Crippen molar-refractivity contribution in [1.82, 2.24) is 4.90 Å². The standard InChI is InChI=1S/C21H23ClN4OS/c1-14-5-6-15(22)11-18(14)26-9-7-25(8-10-26)13-20(27)24-21-17(12-23)16-3-2-4-19(16)28-21/h5-6,11H,2-4,7-10,13H2,1H3,(H,24,27). The van der Waals surface area contributed by atoms with Crippen LogP contribution in [0.3, 0.4) is 0 Å². The van der Waals surface area contributed by atoms with Crippen LogP contribution < -0.4 is 10.2 Å². The number of carbonyl (C=O) groups excluding carboxylic acids is 1. The van der Waals surface area contributed by atoms with Crippen molar-refractivity contribution in [3.05, 3.63) is 44.8 Å². The van der Waals surface area contributed by atoms with Gasteiger partial charge in [0.1, 0.15) is 11.1 Å². The molecular weight excluding hydrogens is 392 g/mol. The fourth-order valence-corrected chi connectivity index (χ4v) is 5.47. The quantitative estimate of drug-likeness (QED) is 0.825. The first-order valence-corrected chi connectivity index (χ1v) is 10.8. The molecule has 28 heavy (non-hydrogen) atoms. The van der Waals surface area contributed by atoms with Gasteiger partial charge in [-0.25, -0.2) is 0 Å². The molecule has 1 N–H and O–H groups in total. The zero-order chi connectivity index (χ0) is 19.7. The number of hydrogen-bond donors (Lipinski definition) is 1. The number of anilines is 2. The van der Waals surface area contributed by atoms with Gasteiger partial charge in [0.15, 0.2) is 0 Å². The minimum atomic E-state index is -0.0381. The van der Waals surface area contributed by atoms with Gasteiger partial charge in [-0.15, -0.1) is 11.3 Å². The van der Waals surface area contributed by atoms with Gasteiger partial charge in [0.05, 0.1) is 12.1 Å². The van der Waals surface area contributed by atoms with E-state index in [1.807, 2.05) is 18.2 Å². The number of thiophene rings is 1. The minimum absolute atomic E-state index is 0.0381. The zero-order valence-electron chi connectivity index (χ0n) is 15.9. The highest BCUT2D eigenvalue weighted by molar-refractivity contribution is 7.16. The number of amides is 1. The molecule has 4 rings (SSSR count). The lowest BCUT2D eigenvalue weighted by Crippen LogP contribution is -2.48. The van der Waals surface area contributed by atoms with Gasteiger partial charge in [-0.3, -0.25) is 9.69 Å². The predicted molar refractivity (Wildman–Crippen MR) is 115 cm³/mol. The van der Waals surface area contributed by atoms with Gasteiger partial charge in [-0.05, 0) is 49.4 Å². The smallest absolute Gasteiger partial charge is 0.239 e. The van der Waals surface area contributed by atoms with E-state index in [9.17, 15) is 10.1 Å². The maximum atomic E-state index is 12.5. The van der Waals surface area contributed by atoms with Gasteiger partial charge in [0.2, 0.25) is 5.91 Å². The first-order valence-electron chi connectivity index (χ1n) is 9.63. The second-order valence-corrected chi connectivity index (χ2v) is 8.96. The summed E-state index contributed by atoms with van der Waals surface area (Å²) in [4.78, 5) is 18.3. The Labute approximate surface area is 174 Å². The molecule has 1 aromatic carbocycles. The molecule has 1 aliphatic heterocycles. The van der Waals surface area contributed by atoms with E-state index >= 15 is 0 Å². The Kier molecular flexibility index (Phi) is 5.58. The van der Waals surface area contributed by atoms with Crippen molar-refractivity contribution in [3.8, 4) is 6.07 Å². The van der Waals surface area contributed by atoms with Gasteiger partial charge >= 0.3 is 0 Å². The van der Waals surface area contributed by atoms with Crippen LogP contribution in [0.4, 0.5) is 10.7 Å². The molecule has 1 fully saturated rings. The van der Waals surface area contributed by atoms with Crippen LogP contribution in [0.1, 0.15) is 28.0 Å². The molecule has 1 aromatic heterocycles. The molecule has 0 bridgehead atoms. The maximum Gasteiger partial charge on any atom is 0.239 e. The molecule has 0 atom stereocenters. The number of aryl methyl sites for hydroxylation is 2. The average molecular weight is 415 g/mol. The molecule has 7 heteroatoms. The molecule has 1 aliphatic carbocycles. The summed E-state index contributed by atoms with van der Waals surface area (Å²) in [6.07, 6.45) is 3.09. The van der Waals surface area contributed by atoms with E-state index in [2.05, 4.69) is 28.1 Å². The van der Waals surface area contributed by atoms with E-state index in [4.69, 9.17) is 11.6 Å². The molecule has 0 spiro atoms. The fraction of sp³-hybridized carbons (Fsp3) is 0.429. The third kappa shape index (κ3) is 3.88. The Hall–Kier alpha value is -2.07. The first-order chi connectivity index (χ1) is 13.5. The van der Waals surface area contributed by atoms with Crippen LogP contribution in [0, 0.1) is 18.3 Å². The highest BCUT2D eigenvalue weighted by Gasteiger charge is 2.24. The SMILES string of the molecule is Cc1ccc(Cl)cc1N1CCN(CC(=O)Nc2sc3c(c2C#N)CCC3)CC1. The summed E-state index contributed by atoms with van der Waals surface area (Å²) in [7, 11) is 0. The molecule has 2 heterocycles. The Bertz CT molecular complexity index is 941. The number of hydrogen-bond acceptors (Lipinski definition) is 5. The zero-order valence-corrected chi connectivity index (χ0v) is 17.5. The lowest BCUT2D eigenvalue weighted by molar-refractivity contribution is -0.117. The van der Waals surface area contributed by atoms with E-state index < -0.39 is 0 Å². The van der Waals surface area contributed by atoms with Crippen molar-refractivity contribution in [2.75, 3.05) is 42.9 Å². The van der Waals surface area contributed by atoms with Crippen molar-refractivity contribution in [2.45, 2.75) is 26.2 Å². The largest absolute Gasteiger partial charge is 0.369 e. The normalized spacial score (nSPS) is 16.7. The monoisotopic (exact) mass is 414 g/mol. The second kappa shape index (κ2) is 8.12. The number of fused-ring (bicyclic) bond motifs is 1. The molecule has 0 radical (unpaired) electrons. The Balaban J connectivity index is 1.33. The molecule has 0 saturated carbocycles. The molecule has 5 nitrogen and oxygen atoms in total. The number of halogens is 1. The molecule has 0 unspecified atom stereocenters. The molecular formula is C21H23ClN4OS. The van der Waals surface area contributed by atoms with E-state index in [0.29, 0.717) is 12.1 Å². The van der Waals surface area contributed by atoms with Crippen molar-refractivity contribution in [3.63, 3.8) is 0 Å². The minimum Gasteiger partial charge on any atom is -0.369 e. The number of piperazine rings is 1. The second-order valence-electron chi connectivity index (χ2n) is 7.42. The van der Waals surface area contributed by atoms with Crippen LogP contribution in [-0.2, 0) is 17.6 Å². The summed E-state index contributed by atoms with van der Waals surface area (Å²) in [5.41, 5.74) is 4.20. The van der Waals surface area contributed by atoms with Crippen LogP contribution in [0.25, 0.3) is 0 Å². The van der Waals surface area contributed by atoms with Gasteiger partial charge in [-0.2, -0.15) is 5.26 Å². The van der Waals surface area contributed by atoms with E-state index in [1.165, 1.54) is 16.1 Å². The number of nitriles is 1. The van der Waals surface area contributed by atoms with Crippen LogP contribution in [0.5, 0.6) is 0 Å². The lowest BCUT2D eigenvalue weighted by atomic mass is 10.1. The van der Waals surface area contributed by atoms with Crippen LogP contribution in [0.2, 0.25) is 5.02 Å². The number of carbonyl (C=O) groups is 1. The first kappa shape index (κ1) is 19.3. The van der Waals surface area contributed by atoms with Crippen LogP contribution in [0.15, 0.2) is 18.2 Å². The van der Waals surface area contributed by atoms with Crippen molar-refractivity contribution < 1.29 is 4.79 Å².